The smallest absolute Gasteiger partial charge is 0.221 e. The molecule has 3 aromatic rings. The first-order valence-electron chi connectivity index (χ1n) is 8.54. The average Bonchev–Trinajstić information content (AvgIpc) is 3.32. The molecule has 1 aliphatic rings. The molecule has 0 fully saturated rings. The van der Waals surface area contributed by atoms with Crippen LogP contribution in [0.25, 0.3) is 0 Å². The molecule has 2 aromatic carbocycles. The Hall–Kier alpha value is -2.92. The van der Waals surface area contributed by atoms with Gasteiger partial charge in [0, 0.05) is 23.9 Å². The first kappa shape index (κ1) is 16.5. The standard InChI is InChI=1S/C21H19N3OS/c1-15(25)22-17-11-9-16(10-12-17)19-14-20(21-8-5-13-26-21)24(23-19)18-6-3-2-4-7-18/h2-13,20H,14H2,1H3,(H,22,25)/t20-/m0/s1. The Morgan fingerprint density at radius 2 is 1.85 bits per heavy atom. The van der Waals surface area contributed by atoms with Crippen LogP contribution in [-0.4, -0.2) is 11.6 Å². The molecule has 2 heterocycles. The minimum absolute atomic E-state index is 0.0658. The highest BCUT2D eigenvalue weighted by Gasteiger charge is 2.30. The Morgan fingerprint density at radius 3 is 2.50 bits per heavy atom. The molecule has 1 N–H and O–H groups in total. The second kappa shape index (κ2) is 7.14. The van der Waals surface area contributed by atoms with Crippen LogP contribution >= 0.6 is 11.3 Å². The third-order valence-corrected chi connectivity index (χ3v) is 5.31. The number of hydrazone groups is 1. The molecule has 0 bridgehead atoms. The van der Waals surface area contributed by atoms with Gasteiger partial charge >= 0.3 is 0 Å². The van der Waals surface area contributed by atoms with E-state index < -0.39 is 0 Å². The zero-order valence-electron chi connectivity index (χ0n) is 14.4. The van der Waals surface area contributed by atoms with Crippen LogP contribution in [0.2, 0.25) is 0 Å². The third kappa shape index (κ3) is 3.39. The van der Waals surface area contributed by atoms with E-state index in [9.17, 15) is 4.79 Å². The van der Waals surface area contributed by atoms with Gasteiger partial charge in [-0.25, -0.2) is 0 Å². The Labute approximate surface area is 156 Å². The Bertz CT molecular complexity index is 918. The topological polar surface area (TPSA) is 44.7 Å². The van der Waals surface area contributed by atoms with E-state index in [1.165, 1.54) is 11.8 Å². The lowest BCUT2D eigenvalue weighted by Gasteiger charge is -2.22. The molecular weight excluding hydrogens is 342 g/mol. The monoisotopic (exact) mass is 361 g/mol. The number of carbonyl (C=O) groups is 1. The molecule has 0 radical (unpaired) electrons. The van der Waals surface area contributed by atoms with Crippen molar-refractivity contribution in [2.75, 3.05) is 10.3 Å². The summed E-state index contributed by atoms with van der Waals surface area (Å²) in [6, 6.07) is 22.6. The number of nitrogens with one attached hydrogen (secondary N) is 1. The van der Waals surface area contributed by atoms with E-state index in [1.54, 1.807) is 11.3 Å². The Kier molecular flexibility index (Phi) is 4.54. The minimum atomic E-state index is -0.0658. The molecule has 1 amide bonds. The van der Waals surface area contributed by atoms with Gasteiger partial charge in [0.05, 0.1) is 17.4 Å². The van der Waals surface area contributed by atoms with Crippen molar-refractivity contribution in [1.29, 1.82) is 0 Å². The van der Waals surface area contributed by atoms with Crippen LogP contribution in [-0.2, 0) is 4.79 Å². The predicted octanol–water partition coefficient (Wildman–Crippen LogP) is 5.06. The second-order valence-corrected chi connectivity index (χ2v) is 7.20. The van der Waals surface area contributed by atoms with Gasteiger partial charge in [0.15, 0.2) is 0 Å². The van der Waals surface area contributed by atoms with Gasteiger partial charge in [-0.1, -0.05) is 36.4 Å². The summed E-state index contributed by atoms with van der Waals surface area (Å²) < 4.78 is 0. The lowest BCUT2D eigenvalue weighted by Crippen LogP contribution is -2.17. The van der Waals surface area contributed by atoms with Crippen LogP contribution in [0.5, 0.6) is 0 Å². The van der Waals surface area contributed by atoms with Crippen molar-refractivity contribution in [2.24, 2.45) is 5.10 Å². The van der Waals surface area contributed by atoms with E-state index in [1.807, 2.05) is 42.5 Å². The molecule has 26 heavy (non-hydrogen) atoms. The van der Waals surface area contributed by atoms with Crippen LogP contribution in [0.15, 0.2) is 77.2 Å². The molecule has 5 heteroatoms. The number of thiophene rings is 1. The second-order valence-electron chi connectivity index (χ2n) is 6.22. The lowest BCUT2D eigenvalue weighted by atomic mass is 10.0. The minimum Gasteiger partial charge on any atom is -0.326 e. The molecule has 0 unspecified atom stereocenters. The highest BCUT2D eigenvalue weighted by atomic mass is 32.1. The van der Waals surface area contributed by atoms with E-state index in [0.29, 0.717) is 0 Å². The summed E-state index contributed by atoms with van der Waals surface area (Å²) in [5.74, 6) is -0.0658. The number of hydrogen-bond donors (Lipinski definition) is 1. The number of anilines is 2. The molecule has 4 rings (SSSR count). The van der Waals surface area contributed by atoms with E-state index in [0.717, 1.165) is 29.1 Å². The van der Waals surface area contributed by atoms with Gasteiger partial charge in [0.25, 0.3) is 0 Å². The SMILES string of the molecule is CC(=O)Nc1ccc(C2=NN(c3ccccc3)[C@H](c3cccs3)C2)cc1. The lowest BCUT2D eigenvalue weighted by molar-refractivity contribution is -0.114. The third-order valence-electron chi connectivity index (χ3n) is 4.34. The zero-order chi connectivity index (χ0) is 17.9. The van der Waals surface area contributed by atoms with Crippen molar-refractivity contribution >= 4 is 34.3 Å². The number of nitrogens with zero attached hydrogens (tertiary/aromatic N) is 2. The summed E-state index contributed by atoms with van der Waals surface area (Å²) in [5, 5.41) is 12.0. The molecule has 1 aliphatic heterocycles. The molecule has 0 saturated carbocycles. The quantitative estimate of drug-likeness (QED) is 0.706. The van der Waals surface area contributed by atoms with Crippen molar-refractivity contribution in [3.05, 3.63) is 82.6 Å². The molecule has 4 nitrogen and oxygen atoms in total. The molecular formula is C21H19N3OS. The molecule has 0 saturated heterocycles. The van der Waals surface area contributed by atoms with Crippen molar-refractivity contribution in [3.8, 4) is 0 Å². The van der Waals surface area contributed by atoms with Crippen molar-refractivity contribution < 1.29 is 4.79 Å². The fraction of sp³-hybridized carbons (Fsp3) is 0.143. The summed E-state index contributed by atoms with van der Waals surface area (Å²) in [4.78, 5) is 12.5. The highest BCUT2D eigenvalue weighted by molar-refractivity contribution is 7.10. The zero-order valence-corrected chi connectivity index (χ0v) is 15.2. The van der Waals surface area contributed by atoms with Crippen molar-refractivity contribution in [2.45, 2.75) is 19.4 Å². The molecule has 0 spiro atoms. The molecule has 0 aliphatic carbocycles. The predicted molar refractivity (Wildman–Crippen MR) is 108 cm³/mol. The molecule has 1 atom stereocenters. The van der Waals surface area contributed by atoms with Crippen LogP contribution in [0.4, 0.5) is 11.4 Å². The number of carbonyl (C=O) groups excluding carboxylic acids is 1. The summed E-state index contributed by atoms with van der Waals surface area (Å²) >= 11 is 1.76. The first-order valence-corrected chi connectivity index (χ1v) is 9.42. The van der Waals surface area contributed by atoms with Gasteiger partial charge in [0.1, 0.15) is 0 Å². The first-order chi connectivity index (χ1) is 12.7. The normalized spacial score (nSPS) is 16.4. The van der Waals surface area contributed by atoms with Crippen LogP contribution in [0.1, 0.15) is 29.8 Å². The number of benzene rings is 2. The van der Waals surface area contributed by atoms with Crippen molar-refractivity contribution in [3.63, 3.8) is 0 Å². The Morgan fingerprint density at radius 1 is 1.08 bits per heavy atom. The number of para-hydroxylation sites is 1. The summed E-state index contributed by atoms with van der Waals surface area (Å²) in [6.07, 6.45) is 0.856. The van der Waals surface area contributed by atoms with Gasteiger partial charge < -0.3 is 5.32 Å². The van der Waals surface area contributed by atoms with Gasteiger partial charge in [0.2, 0.25) is 5.91 Å². The van der Waals surface area contributed by atoms with E-state index >= 15 is 0 Å². The van der Waals surface area contributed by atoms with E-state index in [4.69, 9.17) is 5.10 Å². The largest absolute Gasteiger partial charge is 0.326 e. The van der Waals surface area contributed by atoms with Gasteiger partial charge in [-0.05, 0) is 41.3 Å². The fourth-order valence-electron chi connectivity index (χ4n) is 3.16. The van der Waals surface area contributed by atoms with Crippen molar-refractivity contribution in [1.82, 2.24) is 0 Å². The fourth-order valence-corrected chi connectivity index (χ4v) is 3.97. The maximum absolute atomic E-state index is 11.2. The summed E-state index contributed by atoms with van der Waals surface area (Å²) in [7, 11) is 0. The highest BCUT2D eigenvalue weighted by Crippen LogP contribution is 2.38. The summed E-state index contributed by atoms with van der Waals surface area (Å²) in [5.41, 5.74) is 4.03. The average molecular weight is 361 g/mol. The van der Waals surface area contributed by atoms with Gasteiger partial charge in [-0.3, -0.25) is 9.80 Å². The number of hydrogen-bond acceptors (Lipinski definition) is 4. The number of rotatable bonds is 4. The van der Waals surface area contributed by atoms with Crippen LogP contribution < -0.4 is 10.3 Å². The molecule has 130 valence electrons. The van der Waals surface area contributed by atoms with E-state index in [-0.39, 0.29) is 11.9 Å². The van der Waals surface area contributed by atoms with Crippen LogP contribution in [0.3, 0.4) is 0 Å². The van der Waals surface area contributed by atoms with Crippen LogP contribution in [0, 0.1) is 0 Å². The number of amides is 1. The maximum Gasteiger partial charge on any atom is 0.221 e. The van der Waals surface area contributed by atoms with Gasteiger partial charge in [-0.2, -0.15) is 5.10 Å². The van der Waals surface area contributed by atoms with Gasteiger partial charge in [-0.15, -0.1) is 11.3 Å². The molecule has 1 aromatic heterocycles. The summed E-state index contributed by atoms with van der Waals surface area (Å²) in [6.45, 7) is 1.51. The maximum atomic E-state index is 11.2. The Balaban J connectivity index is 1.65. The van der Waals surface area contributed by atoms with E-state index in [2.05, 4.69) is 40.0 Å².